The van der Waals surface area contributed by atoms with Gasteiger partial charge in [-0.2, -0.15) is 0 Å². The smallest absolute Gasteiger partial charge is 0.322 e. The number of esters is 1. The molecule has 16 heavy (non-hydrogen) atoms. The van der Waals surface area contributed by atoms with Crippen LogP contribution in [0, 0.1) is 0 Å². The Labute approximate surface area is 103 Å². The predicted molar refractivity (Wildman–Crippen MR) is 60.3 cm³/mol. The van der Waals surface area contributed by atoms with Gasteiger partial charge >= 0.3 is 5.97 Å². The van der Waals surface area contributed by atoms with Crippen molar-refractivity contribution in [1.82, 2.24) is 0 Å². The molecule has 0 radical (unpaired) electrons. The van der Waals surface area contributed by atoms with Crippen LogP contribution in [0.15, 0.2) is 0 Å². The SMILES string of the molecule is CCOC(=O)C(Br)C(O)[C@H]1COC(C)(C)O1. The highest BCUT2D eigenvalue weighted by atomic mass is 79.9. The molecule has 5 nitrogen and oxygen atoms in total. The van der Waals surface area contributed by atoms with Crippen molar-refractivity contribution in [2.24, 2.45) is 0 Å². The summed E-state index contributed by atoms with van der Waals surface area (Å²) in [5.41, 5.74) is 0. The second-order valence-electron chi connectivity index (χ2n) is 4.01. The van der Waals surface area contributed by atoms with E-state index in [1.54, 1.807) is 20.8 Å². The standard InChI is InChI=1S/C10H17BrO5/c1-4-14-9(13)7(11)8(12)6-5-15-10(2,3)16-6/h6-8,12H,4-5H2,1-3H3/t6-,7?,8?/m1/s1. The largest absolute Gasteiger partial charge is 0.465 e. The third-order valence-electron chi connectivity index (χ3n) is 2.22. The van der Waals surface area contributed by atoms with Gasteiger partial charge in [-0.15, -0.1) is 0 Å². The van der Waals surface area contributed by atoms with E-state index in [4.69, 9.17) is 14.2 Å². The quantitative estimate of drug-likeness (QED) is 0.615. The van der Waals surface area contributed by atoms with Gasteiger partial charge in [0, 0.05) is 0 Å². The number of alkyl halides is 1. The maximum atomic E-state index is 11.4. The lowest BCUT2D eigenvalue weighted by Crippen LogP contribution is -2.41. The van der Waals surface area contributed by atoms with Crippen molar-refractivity contribution < 1.29 is 24.1 Å². The van der Waals surface area contributed by atoms with Crippen LogP contribution in [-0.2, 0) is 19.0 Å². The molecule has 1 heterocycles. The van der Waals surface area contributed by atoms with Gasteiger partial charge in [-0.3, -0.25) is 4.79 Å². The Kier molecular flexibility index (Phi) is 4.73. The average molecular weight is 297 g/mol. The number of ether oxygens (including phenoxy) is 3. The Bertz CT molecular complexity index is 256. The van der Waals surface area contributed by atoms with E-state index in [2.05, 4.69) is 15.9 Å². The maximum Gasteiger partial charge on any atom is 0.322 e. The number of carbonyl (C=O) groups is 1. The monoisotopic (exact) mass is 296 g/mol. The lowest BCUT2D eigenvalue weighted by atomic mass is 10.1. The lowest BCUT2D eigenvalue weighted by molar-refractivity contribution is -0.158. The van der Waals surface area contributed by atoms with Crippen LogP contribution in [-0.4, -0.2) is 47.1 Å². The molecule has 0 saturated carbocycles. The van der Waals surface area contributed by atoms with Gasteiger partial charge in [0.05, 0.1) is 13.2 Å². The lowest BCUT2D eigenvalue weighted by Gasteiger charge is -2.22. The zero-order valence-electron chi connectivity index (χ0n) is 9.60. The Hall–Kier alpha value is -0.170. The minimum Gasteiger partial charge on any atom is -0.465 e. The normalized spacial score (nSPS) is 27.4. The van der Waals surface area contributed by atoms with Crippen molar-refractivity contribution in [2.45, 2.75) is 43.6 Å². The Morgan fingerprint density at radius 3 is 2.75 bits per heavy atom. The van der Waals surface area contributed by atoms with Gasteiger partial charge in [0.2, 0.25) is 0 Å². The van der Waals surface area contributed by atoms with E-state index >= 15 is 0 Å². The van der Waals surface area contributed by atoms with E-state index < -0.39 is 28.8 Å². The van der Waals surface area contributed by atoms with Crippen LogP contribution in [0.2, 0.25) is 0 Å². The van der Waals surface area contributed by atoms with Gasteiger partial charge in [0.15, 0.2) is 5.79 Å². The van der Waals surface area contributed by atoms with Crippen molar-refractivity contribution in [3.8, 4) is 0 Å². The summed E-state index contributed by atoms with van der Waals surface area (Å²) >= 11 is 3.10. The highest BCUT2D eigenvalue weighted by molar-refractivity contribution is 9.10. The first kappa shape index (κ1) is 13.9. The minimum absolute atomic E-state index is 0.260. The number of rotatable bonds is 4. The summed E-state index contributed by atoms with van der Waals surface area (Å²) in [6.07, 6.45) is -1.51. The number of hydrogen-bond donors (Lipinski definition) is 1. The first-order chi connectivity index (χ1) is 7.37. The van der Waals surface area contributed by atoms with Crippen LogP contribution in [0.25, 0.3) is 0 Å². The topological polar surface area (TPSA) is 65.0 Å². The highest BCUT2D eigenvalue weighted by Crippen LogP contribution is 2.27. The number of aliphatic hydroxyl groups excluding tert-OH is 1. The van der Waals surface area contributed by atoms with Gasteiger partial charge < -0.3 is 19.3 Å². The molecule has 0 aliphatic carbocycles. The number of halogens is 1. The van der Waals surface area contributed by atoms with E-state index in [-0.39, 0.29) is 13.2 Å². The minimum atomic E-state index is -0.985. The summed E-state index contributed by atoms with van der Waals surface area (Å²) < 4.78 is 15.6. The van der Waals surface area contributed by atoms with Crippen LogP contribution in [0.1, 0.15) is 20.8 Å². The molecule has 1 aliphatic heterocycles. The Balaban J connectivity index is 2.51. The molecule has 0 aromatic heterocycles. The molecular weight excluding hydrogens is 280 g/mol. The van der Waals surface area contributed by atoms with Gasteiger partial charge in [-0.1, -0.05) is 15.9 Å². The van der Waals surface area contributed by atoms with E-state index in [9.17, 15) is 9.90 Å². The number of hydrogen-bond acceptors (Lipinski definition) is 5. The van der Waals surface area contributed by atoms with Gasteiger partial charge in [0.25, 0.3) is 0 Å². The van der Waals surface area contributed by atoms with Gasteiger partial charge in [-0.05, 0) is 20.8 Å². The molecule has 3 atom stereocenters. The molecule has 1 aliphatic rings. The van der Waals surface area contributed by atoms with E-state index in [0.29, 0.717) is 0 Å². The first-order valence-corrected chi connectivity index (χ1v) is 6.09. The number of carbonyl (C=O) groups excluding carboxylic acids is 1. The fraction of sp³-hybridized carbons (Fsp3) is 0.900. The number of aliphatic hydroxyl groups is 1. The Morgan fingerprint density at radius 2 is 2.31 bits per heavy atom. The summed E-state index contributed by atoms with van der Waals surface area (Å²) in [4.78, 5) is 10.6. The average Bonchev–Trinajstić information content (AvgIpc) is 2.57. The molecule has 2 unspecified atom stereocenters. The highest BCUT2D eigenvalue weighted by Gasteiger charge is 2.41. The zero-order chi connectivity index (χ0) is 12.3. The molecule has 94 valence electrons. The maximum absolute atomic E-state index is 11.4. The molecule has 0 amide bonds. The molecule has 1 fully saturated rings. The molecule has 0 spiro atoms. The predicted octanol–water partition coefficient (Wildman–Crippen LogP) is 0.825. The molecule has 1 N–H and O–H groups in total. The first-order valence-electron chi connectivity index (χ1n) is 5.18. The summed E-state index contributed by atoms with van der Waals surface area (Å²) in [7, 11) is 0. The third-order valence-corrected chi connectivity index (χ3v) is 3.14. The molecule has 0 bridgehead atoms. The summed E-state index contributed by atoms with van der Waals surface area (Å²) in [5.74, 6) is -1.21. The fourth-order valence-corrected chi connectivity index (χ4v) is 1.91. The molecule has 1 rings (SSSR count). The molecular formula is C10H17BrO5. The van der Waals surface area contributed by atoms with Crippen molar-refractivity contribution in [2.75, 3.05) is 13.2 Å². The second kappa shape index (κ2) is 5.44. The van der Waals surface area contributed by atoms with Crippen LogP contribution >= 0.6 is 15.9 Å². The van der Waals surface area contributed by atoms with Crippen LogP contribution in [0.4, 0.5) is 0 Å². The molecule has 6 heteroatoms. The summed E-state index contributed by atoms with van der Waals surface area (Å²) in [5, 5.41) is 9.89. The van der Waals surface area contributed by atoms with Crippen molar-refractivity contribution >= 4 is 21.9 Å². The van der Waals surface area contributed by atoms with Gasteiger partial charge in [-0.25, -0.2) is 0 Å². The van der Waals surface area contributed by atoms with Crippen molar-refractivity contribution in [1.29, 1.82) is 0 Å². The van der Waals surface area contributed by atoms with E-state index in [0.717, 1.165) is 0 Å². The summed E-state index contributed by atoms with van der Waals surface area (Å²) in [6, 6.07) is 0. The molecule has 0 aromatic rings. The van der Waals surface area contributed by atoms with Gasteiger partial charge in [0.1, 0.15) is 17.0 Å². The molecule has 1 saturated heterocycles. The van der Waals surface area contributed by atoms with Crippen LogP contribution in [0.5, 0.6) is 0 Å². The summed E-state index contributed by atoms with van der Waals surface area (Å²) in [6.45, 7) is 5.76. The fourth-order valence-electron chi connectivity index (χ4n) is 1.43. The molecule has 0 aromatic carbocycles. The van der Waals surface area contributed by atoms with Crippen LogP contribution in [0.3, 0.4) is 0 Å². The van der Waals surface area contributed by atoms with Crippen molar-refractivity contribution in [3.05, 3.63) is 0 Å². The second-order valence-corrected chi connectivity index (χ2v) is 5.00. The van der Waals surface area contributed by atoms with Crippen LogP contribution < -0.4 is 0 Å². The zero-order valence-corrected chi connectivity index (χ0v) is 11.2. The van der Waals surface area contributed by atoms with E-state index in [1.165, 1.54) is 0 Å². The Morgan fingerprint density at radius 1 is 1.69 bits per heavy atom. The van der Waals surface area contributed by atoms with Crippen molar-refractivity contribution in [3.63, 3.8) is 0 Å². The third kappa shape index (κ3) is 3.41. The van der Waals surface area contributed by atoms with E-state index in [1.807, 2.05) is 0 Å².